The van der Waals surface area contributed by atoms with Crippen molar-refractivity contribution in [1.29, 1.82) is 0 Å². The van der Waals surface area contributed by atoms with Crippen LogP contribution in [0.4, 0.5) is 0 Å². The molecule has 6 heteroatoms. The molecule has 3 nitrogen and oxygen atoms in total. The molecule has 90 valence electrons. The molecule has 0 unspecified atom stereocenters. The number of imidazole rings is 1. The minimum atomic E-state index is 0.487. The third-order valence-electron chi connectivity index (χ3n) is 2.60. The number of hydrogen-bond donors (Lipinski definition) is 1. The minimum absolute atomic E-state index is 0.487. The van der Waals surface area contributed by atoms with Crippen LogP contribution in [0.15, 0.2) is 36.5 Å². The summed E-state index contributed by atoms with van der Waals surface area (Å²) in [4.78, 5) is 7.42. The maximum absolute atomic E-state index is 6.02. The Kier molecular flexibility index (Phi) is 2.86. The zero-order valence-electron chi connectivity index (χ0n) is 9.02. The topological polar surface area (TPSA) is 33.6 Å². The van der Waals surface area contributed by atoms with E-state index in [1.807, 2.05) is 22.8 Å². The van der Waals surface area contributed by atoms with E-state index in [2.05, 4.69) is 9.97 Å². The van der Waals surface area contributed by atoms with Crippen LogP contribution < -0.4 is 0 Å². The molecule has 0 bridgehead atoms. The number of hydrogen-bond acceptors (Lipinski definition) is 2. The highest BCUT2D eigenvalue weighted by atomic mass is 35.5. The third-order valence-corrected chi connectivity index (χ3v) is 3.63. The van der Waals surface area contributed by atoms with E-state index in [4.69, 9.17) is 35.4 Å². The fourth-order valence-corrected chi connectivity index (χ4v) is 2.40. The standard InChI is InChI=1S/C12H7Cl2N3S/c13-8-4-3-7(6-9(8)14)17-11-10(16-12(17)18)2-1-5-15-11/h1-6H,(H,16,18). The molecule has 0 aliphatic heterocycles. The van der Waals surface area contributed by atoms with Gasteiger partial charge in [0.25, 0.3) is 0 Å². The average molecular weight is 296 g/mol. The lowest BCUT2D eigenvalue weighted by Gasteiger charge is -2.05. The van der Waals surface area contributed by atoms with Crippen LogP contribution in [0.25, 0.3) is 16.9 Å². The summed E-state index contributed by atoms with van der Waals surface area (Å²) < 4.78 is 2.40. The lowest BCUT2D eigenvalue weighted by molar-refractivity contribution is 1.04. The van der Waals surface area contributed by atoms with E-state index in [9.17, 15) is 0 Å². The zero-order chi connectivity index (χ0) is 12.7. The Balaban J connectivity index is 2.34. The van der Waals surface area contributed by atoms with E-state index in [0.717, 1.165) is 16.9 Å². The predicted octanol–water partition coefficient (Wildman–Crippen LogP) is 4.39. The second-order valence-electron chi connectivity index (χ2n) is 3.74. The van der Waals surface area contributed by atoms with Crippen LogP contribution in [0.3, 0.4) is 0 Å². The van der Waals surface area contributed by atoms with E-state index in [1.165, 1.54) is 0 Å². The largest absolute Gasteiger partial charge is 0.329 e. The van der Waals surface area contributed by atoms with Gasteiger partial charge in [0.15, 0.2) is 10.4 Å². The van der Waals surface area contributed by atoms with Gasteiger partial charge >= 0.3 is 0 Å². The van der Waals surface area contributed by atoms with Crippen molar-refractivity contribution in [2.45, 2.75) is 0 Å². The maximum Gasteiger partial charge on any atom is 0.183 e. The van der Waals surface area contributed by atoms with Crippen molar-refractivity contribution < 1.29 is 0 Å². The molecule has 3 rings (SSSR count). The van der Waals surface area contributed by atoms with Crippen molar-refractivity contribution in [3.8, 4) is 5.69 Å². The Morgan fingerprint density at radius 1 is 1.17 bits per heavy atom. The van der Waals surface area contributed by atoms with Gasteiger partial charge in [0.2, 0.25) is 0 Å². The van der Waals surface area contributed by atoms with E-state index in [-0.39, 0.29) is 0 Å². The highest BCUT2D eigenvalue weighted by Crippen LogP contribution is 2.26. The van der Waals surface area contributed by atoms with Gasteiger partial charge in [-0.15, -0.1) is 0 Å². The maximum atomic E-state index is 6.02. The number of pyridine rings is 1. The van der Waals surface area contributed by atoms with Gasteiger partial charge in [-0.05, 0) is 42.5 Å². The molecule has 1 aromatic carbocycles. The Bertz CT molecular complexity index is 791. The quantitative estimate of drug-likeness (QED) is 0.676. The highest BCUT2D eigenvalue weighted by molar-refractivity contribution is 7.71. The average Bonchev–Trinajstić information content (AvgIpc) is 2.69. The molecule has 3 aromatic rings. The molecule has 1 N–H and O–H groups in total. The number of rotatable bonds is 1. The Morgan fingerprint density at radius 2 is 2.00 bits per heavy atom. The molecule has 18 heavy (non-hydrogen) atoms. The first-order chi connectivity index (χ1) is 8.66. The van der Waals surface area contributed by atoms with Crippen molar-refractivity contribution in [3.05, 3.63) is 51.3 Å². The Labute approximate surface area is 118 Å². The SMILES string of the molecule is S=c1[nH]c2cccnc2n1-c1ccc(Cl)c(Cl)c1. The van der Waals surface area contributed by atoms with E-state index >= 15 is 0 Å². The third kappa shape index (κ3) is 1.82. The summed E-state index contributed by atoms with van der Waals surface area (Å²) in [5.41, 5.74) is 2.48. The first-order valence-corrected chi connectivity index (χ1v) is 6.34. The van der Waals surface area contributed by atoms with Crippen LogP contribution in [0.5, 0.6) is 0 Å². The van der Waals surface area contributed by atoms with Crippen molar-refractivity contribution in [3.63, 3.8) is 0 Å². The van der Waals surface area contributed by atoms with Gasteiger partial charge in [-0.25, -0.2) is 4.98 Å². The first kappa shape index (κ1) is 11.7. The van der Waals surface area contributed by atoms with Gasteiger partial charge in [-0.1, -0.05) is 23.2 Å². The molecule has 2 aromatic heterocycles. The number of nitrogens with one attached hydrogen (secondary N) is 1. The highest BCUT2D eigenvalue weighted by Gasteiger charge is 2.08. The smallest absolute Gasteiger partial charge is 0.183 e. The lowest BCUT2D eigenvalue weighted by Crippen LogP contribution is -1.95. The van der Waals surface area contributed by atoms with Crippen molar-refractivity contribution in [2.24, 2.45) is 0 Å². The van der Waals surface area contributed by atoms with E-state index in [0.29, 0.717) is 14.8 Å². The summed E-state index contributed by atoms with van der Waals surface area (Å²) in [5, 5.41) is 1.00. The fourth-order valence-electron chi connectivity index (χ4n) is 1.80. The molecular formula is C12H7Cl2N3S. The van der Waals surface area contributed by atoms with E-state index in [1.54, 1.807) is 18.3 Å². The summed E-state index contributed by atoms with van der Waals surface area (Å²) in [6.45, 7) is 0. The summed E-state index contributed by atoms with van der Waals surface area (Å²) in [6.07, 6.45) is 1.72. The van der Waals surface area contributed by atoms with Gasteiger partial charge in [-0.2, -0.15) is 0 Å². The van der Waals surface area contributed by atoms with Crippen molar-refractivity contribution in [1.82, 2.24) is 14.5 Å². The van der Waals surface area contributed by atoms with Crippen LogP contribution in [0.1, 0.15) is 0 Å². The molecule has 0 radical (unpaired) electrons. The van der Waals surface area contributed by atoms with Crippen LogP contribution >= 0.6 is 35.4 Å². The van der Waals surface area contributed by atoms with Gasteiger partial charge in [0, 0.05) is 6.20 Å². The number of fused-ring (bicyclic) bond motifs is 1. The molecule has 0 aliphatic carbocycles. The molecule has 0 saturated heterocycles. The summed E-state index contributed by atoms with van der Waals surface area (Å²) in [5.74, 6) is 0. The number of aromatic amines is 1. The Morgan fingerprint density at radius 3 is 2.78 bits per heavy atom. The molecule has 2 heterocycles. The molecule has 0 fully saturated rings. The minimum Gasteiger partial charge on any atom is -0.329 e. The lowest BCUT2D eigenvalue weighted by atomic mass is 10.3. The Hall–Kier alpha value is -1.36. The predicted molar refractivity (Wildman–Crippen MR) is 76.3 cm³/mol. The second kappa shape index (κ2) is 4.39. The van der Waals surface area contributed by atoms with Crippen LogP contribution in [-0.2, 0) is 0 Å². The summed E-state index contributed by atoms with van der Waals surface area (Å²) >= 11 is 17.2. The van der Waals surface area contributed by atoms with Gasteiger partial charge in [-0.3, -0.25) is 4.57 Å². The van der Waals surface area contributed by atoms with E-state index < -0.39 is 0 Å². The molecule has 0 spiro atoms. The van der Waals surface area contributed by atoms with Crippen molar-refractivity contribution in [2.75, 3.05) is 0 Å². The van der Waals surface area contributed by atoms with Gasteiger partial charge < -0.3 is 4.98 Å². The number of benzene rings is 1. The molecular weight excluding hydrogens is 289 g/mol. The van der Waals surface area contributed by atoms with Crippen molar-refractivity contribution >= 4 is 46.6 Å². The number of H-pyrrole nitrogens is 1. The molecule has 0 atom stereocenters. The number of nitrogens with zero attached hydrogens (tertiary/aromatic N) is 2. The molecule has 0 aliphatic rings. The normalized spacial score (nSPS) is 11.0. The molecule has 0 amide bonds. The van der Waals surface area contributed by atoms with Gasteiger partial charge in [0.1, 0.15) is 0 Å². The monoisotopic (exact) mass is 295 g/mol. The van der Waals surface area contributed by atoms with Crippen LogP contribution in [-0.4, -0.2) is 14.5 Å². The zero-order valence-corrected chi connectivity index (χ0v) is 11.4. The van der Waals surface area contributed by atoms with Gasteiger partial charge in [0.05, 0.1) is 21.2 Å². The fraction of sp³-hybridized carbons (Fsp3) is 0. The van der Waals surface area contributed by atoms with Crippen LogP contribution in [0.2, 0.25) is 10.0 Å². The van der Waals surface area contributed by atoms with Crippen LogP contribution in [0, 0.1) is 4.77 Å². The summed E-state index contributed by atoms with van der Waals surface area (Å²) in [7, 11) is 0. The molecule has 0 saturated carbocycles. The second-order valence-corrected chi connectivity index (χ2v) is 4.94. The summed E-state index contributed by atoms with van der Waals surface area (Å²) in [6, 6.07) is 9.13. The number of aromatic nitrogens is 3. The first-order valence-electron chi connectivity index (χ1n) is 5.18. The number of halogens is 2.